The molecule has 0 bridgehead atoms. The van der Waals surface area contributed by atoms with Crippen LogP contribution in [0.1, 0.15) is 40.3 Å². The van der Waals surface area contributed by atoms with Crippen molar-refractivity contribution in [1.82, 2.24) is 19.8 Å². The lowest BCUT2D eigenvalue weighted by Crippen LogP contribution is -2.41. The van der Waals surface area contributed by atoms with E-state index < -0.39 is 0 Å². The maximum atomic E-state index is 12.6. The average molecular weight is 344 g/mol. The van der Waals surface area contributed by atoms with Crippen molar-refractivity contribution in [3.63, 3.8) is 0 Å². The molecule has 2 fully saturated rings. The molecule has 6 heteroatoms. The monoisotopic (exact) mass is 344 g/mol. The SMILES string of the molecule is Cc1[nH]ccc1C(=O)N1CCC2(CC1)C[C@H]2N(C)Cc1nccs1. The summed E-state index contributed by atoms with van der Waals surface area (Å²) in [6.45, 7) is 4.66. The predicted molar refractivity (Wildman–Crippen MR) is 95.1 cm³/mol. The number of H-pyrrole nitrogens is 1. The van der Waals surface area contributed by atoms with Crippen LogP contribution in [-0.2, 0) is 6.54 Å². The molecule has 0 unspecified atom stereocenters. The minimum atomic E-state index is 0.178. The number of carbonyl (C=O) groups is 1. The van der Waals surface area contributed by atoms with Crippen LogP contribution in [0.4, 0.5) is 0 Å². The summed E-state index contributed by atoms with van der Waals surface area (Å²) in [6.07, 6.45) is 7.23. The van der Waals surface area contributed by atoms with Crippen LogP contribution in [0.5, 0.6) is 0 Å². The van der Waals surface area contributed by atoms with Gasteiger partial charge in [0.05, 0.1) is 12.1 Å². The fourth-order valence-electron chi connectivity index (χ4n) is 4.15. The molecule has 1 N–H and O–H groups in total. The van der Waals surface area contributed by atoms with Crippen molar-refractivity contribution in [3.8, 4) is 0 Å². The molecule has 1 aliphatic heterocycles. The van der Waals surface area contributed by atoms with E-state index >= 15 is 0 Å². The Morgan fingerprint density at radius 2 is 2.29 bits per heavy atom. The molecule has 5 nitrogen and oxygen atoms in total. The molecule has 4 rings (SSSR count). The molecular formula is C18H24N4OS. The summed E-state index contributed by atoms with van der Waals surface area (Å²) in [4.78, 5) is 24.6. The van der Waals surface area contributed by atoms with Gasteiger partial charge < -0.3 is 9.88 Å². The summed E-state index contributed by atoms with van der Waals surface area (Å²) in [7, 11) is 2.21. The van der Waals surface area contributed by atoms with Crippen molar-refractivity contribution >= 4 is 17.2 Å². The number of nitrogens with zero attached hydrogens (tertiary/aromatic N) is 3. The fourth-order valence-corrected chi connectivity index (χ4v) is 4.83. The van der Waals surface area contributed by atoms with Crippen LogP contribution < -0.4 is 0 Å². The molecule has 128 valence electrons. The van der Waals surface area contributed by atoms with Gasteiger partial charge in [0, 0.05) is 42.6 Å². The standard InChI is InChI=1S/C18H24N4OS/c1-13-14(3-6-19-13)17(23)22-8-4-18(5-9-22)11-15(18)21(2)12-16-20-7-10-24-16/h3,6-7,10,15,19H,4-5,8-9,11-12H2,1-2H3/t15-/m1/s1. The molecule has 2 aromatic heterocycles. The highest BCUT2D eigenvalue weighted by Crippen LogP contribution is 2.56. The highest BCUT2D eigenvalue weighted by molar-refractivity contribution is 7.09. The van der Waals surface area contributed by atoms with Gasteiger partial charge in [-0.15, -0.1) is 11.3 Å². The third kappa shape index (κ3) is 2.78. The maximum absolute atomic E-state index is 12.6. The average Bonchev–Trinajstić information content (AvgIpc) is 2.94. The van der Waals surface area contributed by atoms with Gasteiger partial charge in [-0.2, -0.15) is 0 Å². The number of hydrogen-bond acceptors (Lipinski definition) is 4. The first kappa shape index (κ1) is 15.8. The Kier molecular flexibility index (Phi) is 3.96. The lowest BCUT2D eigenvalue weighted by molar-refractivity contribution is 0.0657. The Hall–Kier alpha value is -1.66. The van der Waals surface area contributed by atoms with E-state index in [1.807, 2.05) is 35.7 Å². The van der Waals surface area contributed by atoms with Crippen LogP contribution in [0.25, 0.3) is 0 Å². The molecule has 1 saturated heterocycles. The first-order valence-corrected chi connectivity index (χ1v) is 9.49. The molecule has 1 saturated carbocycles. The predicted octanol–water partition coefficient (Wildman–Crippen LogP) is 2.91. The van der Waals surface area contributed by atoms with Gasteiger partial charge in [-0.3, -0.25) is 9.69 Å². The Bertz CT molecular complexity index is 715. The minimum Gasteiger partial charge on any atom is -0.365 e. The first-order chi connectivity index (χ1) is 11.6. The summed E-state index contributed by atoms with van der Waals surface area (Å²) in [5.74, 6) is 0.178. The van der Waals surface area contributed by atoms with Crippen LogP contribution in [0.3, 0.4) is 0 Å². The minimum absolute atomic E-state index is 0.178. The van der Waals surface area contributed by atoms with Crippen LogP contribution in [0.15, 0.2) is 23.8 Å². The second-order valence-electron chi connectivity index (χ2n) is 7.23. The van der Waals surface area contributed by atoms with E-state index in [1.165, 1.54) is 11.4 Å². The molecule has 1 atom stereocenters. The Balaban J connectivity index is 1.34. The number of aromatic amines is 1. The number of aryl methyl sites for hydroxylation is 1. The summed E-state index contributed by atoms with van der Waals surface area (Å²) < 4.78 is 0. The van der Waals surface area contributed by atoms with E-state index in [0.29, 0.717) is 11.5 Å². The van der Waals surface area contributed by atoms with Crippen molar-refractivity contribution in [2.75, 3.05) is 20.1 Å². The number of rotatable bonds is 4. The zero-order valence-corrected chi connectivity index (χ0v) is 15.1. The molecule has 3 heterocycles. The number of carbonyl (C=O) groups excluding carboxylic acids is 1. The quantitative estimate of drug-likeness (QED) is 0.928. The van der Waals surface area contributed by atoms with Crippen molar-refractivity contribution < 1.29 is 4.79 Å². The Labute approximate surface area is 146 Å². The summed E-state index contributed by atoms with van der Waals surface area (Å²) in [5, 5.41) is 3.23. The van der Waals surface area contributed by atoms with Crippen molar-refractivity contribution in [2.24, 2.45) is 5.41 Å². The number of likely N-dealkylation sites (tertiary alicyclic amines) is 1. The highest BCUT2D eigenvalue weighted by atomic mass is 32.1. The lowest BCUT2D eigenvalue weighted by atomic mass is 9.92. The normalized spacial score (nSPS) is 22.3. The second-order valence-corrected chi connectivity index (χ2v) is 8.21. The highest BCUT2D eigenvalue weighted by Gasteiger charge is 2.56. The van der Waals surface area contributed by atoms with Gasteiger partial charge in [0.25, 0.3) is 5.91 Å². The fraction of sp³-hybridized carbons (Fsp3) is 0.556. The largest absolute Gasteiger partial charge is 0.365 e. The number of aromatic nitrogens is 2. The molecule has 24 heavy (non-hydrogen) atoms. The lowest BCUT2D eigenvalue weighted by Gasteiger charge is -2.34. The summed E-state index contributed by atoms with van der Waals surface area (Å²) >= 11 is 1.73. The van der Waals surface area contributed by atoms with Gasteiger partial charge >= 0.3 is 0 Å². The first-order valence-electron chi connectivity index (χ1n) is 8.61. The number of nitrogens with one attached hydrogen (secondary N) is 1. The molecule has 1 aliphatic carbocycles. The molecule has 2 aliphatic rings. The van der Waals surface area contributed by atoms with Crippen LogP contribution >= 0.6 is 11.3 Å². The van der Waals surface area contributed by atoms with Crippen molar-refractivity contribution in [3.05, 3.63) is 40.1 Å². The van der Waals surface area contributed by atoms with Crippen molar-refractivity contribution in [2.45, 2.75) is 38.8 Å². The number of thiazole rings is 1. The summed E-state index contributed by atoms with van der Waals surface area (Å²) in [6, 6.07) is 2.54. The van der Waals surface area contributed by atoms with E-state index in [1.54, 1.807) is 11.3 Å². The zero-order valence-electron chi connectivity index (χ0n) is 14.3. The van der Waals surface area contributed by atoms with Gasteiger partial charge in [0.15, 0.2) is 0 Å². The smallest absolute Gasteiger partial charge is 0.255 e. The number of hydrogen-bond donors (Lipinski definition) is 1. The second kappa shape index (κ2) is 6.01. The van der Waals surface area contributed by atoms with E-state index in [4.69, 9.17) is 0 Å². The third-order valence-electron chi connectivity index (χ3n) is 5.78. The Morgan fingerprint density at radius 3 is 2.92 bits per heavy atom. The van der Waals surface area contributed by atoms with Crippen molar-refractivity contribution in [1.29, 1.82) is 0 Å². The van der Waals surface area contributed by atoms with Crippen LogP contribution in [-0.4, -0.2) is 51.9 Å². The zero-order chi connectivity index (χ0) is 16.7. The van der Waals surface area contributed by atoms with Gasteiger partial charge in [-0.1, -0.05) is 0 Å². The van der Waals surface area contributed by atoms with Gasteiger partial charge in [0.1, 0.15) is 5.01 Å². The van der Waals surface area contributed by atoms with Crippen LogP contribution in [0, 0.1) is 12.3 Å². The molecule has 2 aromatic rings. The molecular weight excluding hydrogens is 320 g/mol. The summed E-state index contributed by atoms with van der Waals surface area (Å²) in [5.41, 5.74) is 2.21. The Morgan fingerprint density at radius 1 is 1.50 bits per heavy atom. The van der Waals surface area contributed by atoms with Crippen LogP contribution in [0.2, 0.25) is 0 Å². The van der Waals surface area contributed by atoms with E-state index in [-0.39, 0.29) is 5.91 Å². The number of amides is 1. The molecule has 0 aromatic carbocycles. The molecule has 0 radical (unpaired) electrons. The van der Waals surface area contributed by atoms with Gasteiger partial charge in [-0.25, -0.2) is 4.98 Å². The molecule has 1 spiro atoms. The third-order valence-corrected chi connectivity index (χ3v) is 6.54. The maximum Gasteiger partial charge on any atom is 0.255 e. The van der Waals surface area contributed by atoms with E-state index in [2.05, 4.69) is 21.9 Å². The van der Waals surface area contributed by atoms with Gasteiger partial charge in [0.2, 0.25) is 0 Å². The molecule has 1 amide bonds. The van der Waals surface area contributed by atoms with E-state index in [9.17, 15) is 4.79 Å². The topological polar surface area (TPSA) is 52.2 Å². The number of piperidine rings is 1. The van der Waals surface area contributed by atoms with Gasteiger partial charge in [-0.05, 0) is 44.7 Å². The van der Waals surface area contributed by atoms with E-state index in [0.717, 1.165) is 43.7 Å².